The molecule has 0 saturated carbocycles. The van der Waals surface area contributed by atoms with Crippen molar-refractivity contribution in [2.45, 2.75) is 9.92 Å². The number of carboxylic acids is 1. The molecule has 0 fully saturated rings. The van der Waals surface area contributed by atoms with Crippen molar-refractivity contribution in [3.63, 3.8) is 0 Å². The Hall–Kier alpha value is -2.12. The van der Waals surface area contributed by atoms with Gasteiger partial charge in [-0.15, -0.1) is 11.3 Å². The summed E-state index contributed by atoms with van der Waals surface area (Å²) in [6.07, 6.45) is 4.43. The van der Waals surface area contributed by atoms with Gasteiger partial charge in [-0.2, -0.15) is 0 Å². The average Bonchev–Trinajstić information content (AvgIpc) is 3.00. The number of nitrogens with zero attached hydrogens (tertiary/aromatic N) is 2. The van der Waals surface area contributed by atoms with E-state index in [-0.39, 0.29) is 5.82 Å². The summed E-state index contributed by atoms with van der Waals surface area (Å²) in [5.74, 6) is -1.31. The van der Waals surface area contributed by atoms with Gasteiger partial charge in [-0.1, -0.05) is 11.8 Å². The summed E-state index contributed by atoms with van der Waals surface area (Å²) < 4.78 is 14.8. The van der Waals surface area contributed by atoms with Crippen LogP contribution in [-0.2, 0) is 4.79 Å². The van der Waals surface area contributed by atoms with Crippen molar-refractivity contribution in [3.8, 4) is 0 Å². The molecule has 0 atom stereocenters. The second-order valence-corrected chi connectivity index (χ2v) is 6.02. The third-order valence-corrected chi connectivity index (χ3v) is 4.44. The van der Waals surface area contributed by atoms with E-state index in [1.54, 1.807) is 12.1 Å². The molecule has 3 aromatic rings. The Balaban J connectivity index is 2.00. The molecule has 4 nitrogen and oxygen atoms in total. The predicted molar refractivity (Wildman–Crippen MR) is 80.3 cm³/mol. The standard InChI is InChI=1S/C14H9FN2O2S2/c15-9-1-3-10(4-2-9)21-13-11(5-6-12(18)19)17-7-8-20-14(17)16-13/h1-8H,(H,18,19)/b6-5+. The van der Waals surface area contributed by atoms with Crippen LogP contribution in [0.15, 0.2) is 51.8 Å². The highest BCUT2D eigenvalue weighted by molar-refractivity contribution is 7.99. The Morgan fingerprint density at radius 1 is 1.38 bits per heavy atom. The van der Waals surface area contributed by atoms with Crippen LogP contribution in [0.5, 0.6) is 0 Å². The molecule has 106 valence electrons. The molecule has 0 aliphatic carbocycles. The predicted octanol–water partition coefficient (Wildman–Crippen LogP) is 3.78. The van der Waals surface area contributed by atoms with E-state index in [0.717, 1.165) is 15.9 Å². The lowest BCUT2D eigenvalue weighted by Crippen LogP contribution is -1.88. The summed E-state index contributed by atoms with van der Waals surface area (Å²) in [5.41, 5.74) is 0.697. The van der Waals surface area contributed by atoms with Crippen molar-refractivity contribution in [1.29, 1.82) is 0 Å². The molecule has 1 aromatic carbocycles. The summed E-state index contributed by atoms with van der Waals surface area (Å²) in [5, 5.41) is 11.4. The zero-order chi connectivity index (χ0) is 14.8. The van der Waals surface area contributed by atoms with Gasteiger partial charge in [0.25, 0.3) is 0 Å². The first kappa shape index (κ1) is 13.8. The van der Waals surface area contributed by atoms with Crippen LogP contribution >= 0.6 is 23.1 Å². The molecule has 0 aliphatic heterocycles. The van der Waals surface area contributed by atoms with Crippen LogP contribution < -0.4 is 0 Å². The van der Waals surface area contributed by atoms with Gasteiger partial charge in [0.2, 0.25) is 0 Å². The number of aromatic nitrogens is 2. The van der Waals surface area contributed by atoms with Crippen LogP contribution in [0.3, 0.4) is 0 Å². The van der Waals surface area contributed by atoms with Crippen LogP contribution in [0, 0.1) is 5.82 Å². The molecular formula is C14H9FN2O2S2. The van der Waals surface area contributed by atoms with Crippen molar-refractivity contribution in [2.75, 3.05) is 0 Å². The molecule has 0 unspecified atom stereocenters. The van der Waals surface area contributed by atoms with Crippen LogP contribution in [-0.4, -0.2) is 20.5 Å². The highest BCUT2D eigenvalue weighted by Gasteiger charge is 2.12. The molecule has 3 rings (SSSR count). The number of thiazole rings is 1. The number of carbonyl (C=O) groups is 1. The maximum Gasteiger partial charge on any atom is 0.328 e. The fourth-order valence-corrected chi connectivity index (χ4v) is 3.45. The van der Waals surface area contributed by atoms with Gasteiger partial charge in [0.1, 0.15) is 10.8 Å². The van der Waals surface area contributed by atoms with E-state index in [0.29, 0.717) is 10.7 Å². The van der Waals surface area contributed by atoms with Gasteiger partial charge in [-0.25, -0.2) is 14.2 Å². The van der Waals surface area contributed by atoms with E-state index in [1.165, 1.54) is 41.3 Å². The first-order valence-corrected chi connectivity index (χ1v) is 7.63. The minimum atomic E-state index is -1.02. The minimum Gasteiger partial charge on any atom is -0.478 e. The second-order valence-electron chi connectivity index (χ2n) is 4.09. The molecular weight excluding hydrogens is 311 g/mol. The van der Waals surface area contributed by atoms with Crippen LogP contribution in [0.1, 0.15) is 5.69 Å². The van der Waals surface area contributed by atoms with Crippen molar-refractivity contribution < 1.29 is 14.3 Å². The largest absolute Gasteiger partial charge is 0.478 e. The third-order valence-electron chi connectivity index (χ3n) is 2.68. The van der Waals surface area contributed by atoms with E-state index >= 15 is 0 Å². The zero-order valence-electron chi connectivity index (χ0n) is 10.6. The average molecular weight is 320 g/mol. The summed E-state index contributed by atoms with van der Waals surface area (Å²) >= 11 is 2.84. The van der Waals surface area contributed by atoms with E-state index in [9.17, 15) is 9.18 Å². The lowest BCUT2D eigenvalue weighted by molar-refractivity contribution is -0.131. The molecule has 0 spiro atoms. The quantitative estimate of drug-likeness (QED) is 0.743. The Labute approximate surface area is 127 Å². The number of fused-ring (bicyclic) bond motifs is 1. The zero-order valence-corrected chi connectivity index (χ0v) is 12.2. The van der Waals surface area contributed by atoms with Crippen LogP contribution in [0.25, 0.3) is 11.0 Å². The smallest absolute Gasteiger partial charge is 0.328 e. The highest BCUT2D eigenvalue weighted by atomic mass is 32.2. The Morgan fingerprint density at radius 3 is 2.86 bits per heavy atom. The first-order chi connectivity index (χ1) is 10.1. The van der Waals surface area contributed by atoms with Crippen molar-refractivity contribution in [2.24, 2.45) is 0 Å². The molecule has 2 heterocycles. The SMILES string of the molecule is O=C(O)/C=C/c1c(Sc2ccc(F)cc2)nc2sccn12. The van der Waals surface area contributed by atoms with Crippen molar-refractivity contribution in [1.82, 2.24) is 9.38 Å². The van der Waals surface area contributed by atoms with Gasteiger partial charge in [0.15, 0.2) is 4.96 Å². The number of hydrogen-bond donors (Lipinski definition) is 1. The highest BCUT2D eigenvalue weighted by Crippen LogP contribution is 2.32. The van der Waals surface area contributed by atoms with Crippen molar-refractivity contribution >= 4 is 40.1 Å². The molecule has 2 aromatic heterocycles. The molecule has 1 N–H and O–H groups in total. The minimum absolute atomic E-state index is 0.295. The molecule has 0 saturated heterocycles. The summed E-state index contributed by atoms with van der Waals surface area (Å²) in [6.45, 7) is 0. The van der Waals surface area contributed by atoms with Gasteiger partial charge >= 0.3 is 5.97 Å². The number of carboxylic acid groups (broad SMARTS) is 1. The Bertz CT molecular complexity index is 821. The van der Waals surface area contributed by atoms with E-state index in [4.69, 9.17) is 5.11 Å². The summed E-state index contributed by atoms with van der Waals surface area (Å²) in [7, 11) is 0. The maximum absolute atomic E-state index is 12.9. The number of halogens is 1. The first-order valence-electron chi connectivity index (χ1n) is 5.93. The number of rotatable bonds is 4. The molecule has 0 amide bonds. The lowest BCUT2D eigenvalue weighted by atomic mass is 10.3. The fourth-order valence-electron chi connectivity index (χ4n) is 1.77. The molecule has 0 aliphatic rings. The van der Waals surface area contributed by atoms with Gasteiger partial charge in [0, 0.05) is 22.5 Å². The van der Waals surface area contributed by atoms with E-state index in [2.05, 4.69) is 4.98 Å². The monoisotopic (exact) mass is 320 g/mol. The van der Waals surface area contributed by atoms with E-state index in [1.807, 2.05) is 16.0 Å². The molecule has 21 heavy (non-hydrogen) atoms. The fraction of sp³-hybridized carbons (Fsp3) is 0. The summed E-state index contributed by atoms with van der Waals surface area (Å²) in [6, 6.07) is 6.09. The normalized spacial score (nSPS) is 11.5. The van der Waals surface area contributed by atoms with E-state index < -0.39 is 5.97 Å². The number of imidazole rings is 1. The van der Waals surface area contributed by atoms with Gasteiger partial charge in [-0.3, -0.25) is 4.40 Å². The van der Waals surface area contributed by atoms with Crippen molar-refractivity contribution in [3.05, 3.63) is 53.4 Å². The lowest BCUT2D eigenvalue weighted by Gasteiger charge is -2.00. The van der Waals surface area contributed by atoms with Gasteiger partial charge < -0.3 is 5.11 Å². The van der Waals surface area contributed by atoms with Crippen LogP contribution in [0.2, 0.25) is 0 Å². The number of aliphatic carboxylic acids is 1. The van der Waals surface area contributed by atoms with Gasteiger partial charge in [0.05, 0.1) is 5.69 Å². The van der Waals surface area contributed by atoms with Gasteiger partial charge in [-0.05, 0) is 30.3 Å². The molecule has 0 bridgehead atoms. The summed E-state index contributed by atoms with van der Waals surface area (Å²) in [4.78, 5) is 16.8. The van der Waals surface area contributed by atoms with Crippen LogP contribution in [0.4, 0.5) is 4.39 Å². The number of hydrogen-bond acceptors (Lipinski definition) is 4. The number of benzene rings is 1. The Kier molecular flexibility index (Phi) is 3.76. The topological polar surface area (TPSA) is 54.6 Å². The molecule has 7 heteroatoms. The second kappa shape index (κ2) is 5.71. The molecule has 0 radical (unpaired) electrons. The third kappa shape index (κ3) is 2.98. The maximum atomic E-state index is 12.9. The Morgan fingerprint density at radius 2 is 2.14 bits per heavy atom.